The molecule has 1 aliphatic rings. The van der Waals surface area contributed by atoms with E-state index in [-0.39, 0.29) is 22.3 Å². The van der Waals surface area contributed by atoms with Crippen LogP contribution in [0, 0.1) is 11.6 Å². The number of hydrogen-bond acceptors (Lipinski definition) is 6. The van der Waals surface area contributed by atoms with E-state index >= 15 is 0 Å². The van der Waals surface area contributed by atoms with Crippen molar-refractivity contribution in [1.29, 1.82) is 0 Å². The Hall–Kier alpha value is -2.89. The fourth-order valence-electron chi connectivity index (χ4n) is 3.90. The van der Waals surface area contributed by atoms with E-state index in [4.69, 9.17) is 10.9 Å². The number of nitrogens with one attached hydrogen (secondary N) is 1. The number of nitrogen functional groups attached to an aromatic ring is 1. The van der Waals surface area contributed by atoms with Crippen molar-refractivity contribution in [3.63, 3.8) is 0 Å². The van der Waals surface area contributed by atoms with Gasteiger partial charge in [0.15, 0.2) is 16.9 Å². The third-order valence-electron chi connectivity index (χ3n) is 5.52. The van der Waals surface area contributed by atoms with Crippen molar-refractivity contribution < 1.29 is 13.6 Å². The molecule has 11 heteroatoms. The zero-order chi connectivity index (χ0) is 22.8. The van der Waals surface area contributed by atoms with Crippen molar-refractivity contribution in [1.82, 2.24) is 14.8 Å². The summed E-state index contributed by atoms with van der Waals surface area (Å²) in [5.74, 6) is -1.24. The van der Waals surface area contributed by atoms with Crippen LogP contribution in [0.25, 0.3) is 10.6 Å². The Kier molecular flexibility index (Phi) is 6.49. The third kappa shape index (κ3) is 4.36. The van der Waals surface area contributed by atoms with Crippen molar-refractivity contribution in [3.8, 4) is 10.6 Å². The predicted molar refractivity (Wildman–Crippen MR) is 122 cm³/mol. The normalized spacial score (nSPS) is 17.3. The fraction of sp³-hybridized carbons (Fsp3) is 0.381. The first-order valence-electron chi connectivity index (χ1n) is 10.5. The number of carbonyl (C=O) groups excluding carboxylic acids is 1. The van der Waals surface area contributed by atoms with Gasteiger partial charge in [-0.3, -0.25) is 4.79 Å². The summed E-state index contributed by atoms with van der Waals surface area (Å²) >= 11 is 0. The van der Waals surface area contributed by atoms with Crippen molar-refractivity contribution in [3.05, 3.63) is 47.1 Å². The molecule has 0 bridgehead atoms. The predicted octanol–water partition coefficient (Wildman–Crippen LogP) is 3.28. The lowest BCUT2D eigenvalue weighted by Crippen LogP contribution is -2.29. The van der Waals surface area contributed by atoms with Crippen molar-refractivity contribution in [2.75, 3.05) is 28.4 Å². The summed E-state index contributed by atoms with van der Waals surface area (Å²) in [6.07, 6.45) is 4.35. The highest BCUT2D eigenvalue weighted by Crippen LogP contribution is 2.34. The second-order valence-corrected chi connectivity index (χ2v) is 9.08. The van der Waals surface area contributed by atoms with E-state index in [0.29, 0.717) is 12.2 Å². The molecule has 1 unspecified atom stereocenters. The maximum absolute atomic E-state index is 14.2. The van der Waals surface area contributed by atoms with Gasteiger partial charge in [-0.1, -0.05) is 6.07 Å². The fourth-order valence-corrected chi connectivity index (χ4v) is 5.04. The number of aromatic nitrogens is 3. The summed E-state index contributed by atoms with van der Waals surface area (Å²) < 4.78 is 30.2. The van der Waals surface area contributed by atoms with Crippen LogP contribution in [0.3, 0.4) is 0 Å². The topological polar surface area (TPSA) is 115 Å². The average molecular weight is 463 g/mol. The number of benzene rings is 1. The molecule has 0 radical (unpaired) electrons. The number of thiazole rings is 1. The Morgan fingerprint density at radius 1 is 1.28 bits per heavy atom. The first kappa shape index (κ1) is 22.3. The lowest BCUT2D eigenvalue weighted by molar-refractivity contribution is 0.102. The van der Waals surface area contributed by atoms with E-state index in [2.05, 4.69) is 20.3 Å². The number of nitrogens with two attached hydrogens (primary N) is 2. The smallest absolute Gasteiger partial charge is 0.301 e. The average Bonchev–Trinajstić information content (AvgIpc) is 3.26. The number of hydrogen-bond donors (Lipinski definition) is 3. The quantitative estimate of drug-likeness (QED) is 0.501. The standard InChI is InChI=1S/C21H25F2N7OS/c1-2-30-21(29-9-4-5-13(24)8-10-29)16(11-26-30)27-19(31)17-12-32(25)20(28-17)18-14(22)6-3-7-15(18)23/h3,6-7,11-13H,2,4-5,8-10,24-25H2,1H3/p+1/t13-,32?/m0/s1. The van der Waals surface area contributed by atoms with Crippen LogP contribution in [0.1, 0.15) is 36.7 Å². The Labute approximate surface area is 187 Å². The van der Waals surface area contributed by atoms with E-state index in [1.165, 1.54) is 11.4 Å². The highest BCUT2D eigenvalue weighted by Gasteiger charge is 2.29. The summed E-state index contributed by atoms with van der Waals surface area (Å²) in [4.78, 5) is 19.3. The van der Waals surface area contributed by atoms with E-state index in [1.807, 2.05) is 11.6 Å². The highest BCUT2D eigenvalue weighted by atomic mass is 32.2. The Morgan fingerprint density at radius 3 is 2.75 bits per heavy atom. The minimum Gasteiger partial charge on any atom is -0.355 e. The molecule has 170 valence electrons. The summed E-state index contributed by atoms with van der Waals surface area (Å²) in [5.41, 5.74) is 6.37. The zero-order valence-electron chi connectivity index (χ0n) is 17.7. The first-order valence-corrected chi connectivity index (χ1v) is 11.8. The SMILES string of the molecule is CCn1ncc(NC(=O)c2c[s+](N)c(-c3c(F)cccc3F)n2)c1N1CCC[C@H](N)CC1. The number of rotatable bonds is 5. The monoisotopic (exact) mass is 462 g/mol. The number of amides is 1. The van der Waals surface area contributed by atoms with Gasteiger partial charge in [0, 0.05) is 25.7 Å². The van der Waals surface area contributed by atoms with E-state index in [9.17, 15) is 13.6 Å². The van der Waals surface area contributed by atoms with Gasteiger partial charge < -0.3 is 16.0 Å². The van der Waals surface area contributed by atoms with Gasteiger partial charge in [0.2, 0.25) is 0 Å². The maximum Gasteiger partial charge on any atom is 0.301 e. The second-order valence-electron chi connectivity index (χ2n) is 7.72. The molecule has 3 aromatic rings. The molecule has 1 amide bonds. The Balaban J connectivity index is 1.61. The van der Waals surface area contributed by atoms with E-state index < -0.39 is 28.2 Å². The minimum absolute atomic E-state index is 0.0109. The van der Waals surface area contributed by atoms with Crippen molar-refractivity contribution >= 4 is 28.1 Å². The molecule has 1 aliphatic heterocycles. The molecule has 8 nitrogen and oxygen atoms in total. The van der Waals surface area contributed by atoms with Gasteiger partial charge in [0.25, 0.3) is 5.91 Å². The number of nitrogens with zero attached hydrogens (tertiary/aromatic N) is 4. The molecule has 1 aromatic carbocycles. The summed E-state index contributed by atoms with van der Waals surface area (Å²) in [7, 11) is -1.20. The van der Waals surface area contributed by atoms with Gasteiger partial charge in [-0.05, 0) is 38.3 Å². The molecule has 0 saturated carbocycles. The van der Waals surface area contributed by atoms with Crippen LogP contribution in [-0.4, -0.2) is 39.8 Å². The lowest BCUT2D eigenvalue weighted by atomic mass is 10.1. The van der Waals surface area contributed by atoms with Gasteiger partial charge in [-0.2, -0.15) is 10.1 Å². The molecule has 1 fully saturated rings. The number of carbonyl (C=O) groups is 1. The van der Waals surface area contributed by atoms with Crippen LogP contribution in [-0.2, 0) is 6.54 Å². The number of anilines is 2. The maximum atomic E-state index is 14.2. The summed E-state index contributed by atoms with van der Waals surface area (Å²) in [5, 5.41) is 14.7. The highest BCUT2D eigenvalue weighted by molar-refractivity contribution is 7.32. The van der Waals surface area contributed by atoms with Crippen LogP contribution in [0.4, 0.5) is 20.3 Å². The Morgan fingerprint density at radius 2 is 2.03 bits per heavy atom. The van der Waals surface area contributed by atoms with Crippen LogP contribution in [0.2, 0.25) is 0 Å². The van der Waals surface area contributed by atoms with Gasteiger partial charge >= 0.3 is 5.01 Å². The molecule has 5 N–H and O–H groups in total. The molecule has 1 saturated heterocycles. The first-order chi connectivity index (χ1) is 15.4. The van der Waals surface area contributed by atoms with Crippen molar-refractivity contribution in [2.45, 2.75) is 38.8 Å². The van der Waals surface area contributed by atoms with Crippen LogP contribution in [0.15, 0.2) is 29.8 Å². The summed E-state index contributed by atoms with van der Waals surface area (Å²) in [6.45, 7) is 4.19. The van der Waals surface area contributed by atoms with E-state index in [0.717, 1.165) is 50.3 Å². The largest absolute Gasteiger partial charge is 0.355 e. The van der Waals surface area contributed by atoms with Gasteiger partial charge in [-0.15, -0.1) is 5.14 Å². The van der Waals surface area contributed by atoms with Gasteiger partial charge in [0.1, 0.15) is 22.9 Å². The molecular weight excluding hydrogens is 436 g/mol. The molecular formula is C21H26F2N7OS+. The summed E-state index contributed by atoms with van der Waals surface area (Å²) in [6, 6.07) is 3.69. The van der Waals surface area contributed by atoms with Gasteiger partial charge in [-0.25, -0.2) is 13.5 Å². The molecule has 0 aliphatic carbocycles. The number of halogens is 2. The second kappa shape index (κ2) is 9.31. The number of aryl methyl sites for hydroxylation is 1. The van der Waals surface area contributed by atoms with Crippen LogP contribution in [0.5, 0.6) is 0 Å². The molecule has 2 atom stereocenters. The lowest BCUT2D eigenvalue weighted by Gasteiger charge is -2.24. The molecule has 3 heterocycles. The molecule has 2 aromatic heterocycles. The van der Waals surface area contributed by atoms with E-state index in [1.54, 1.807) is 6.20 Å². The molecule has 32 heavy (non-hydrogen) atoms. The van der Waals surface area contributed by atoms with Crippen LogP contribution >= 0.6 is 10.7 Å². The van der Waals surface area contributed by atoms with Crippen molar-refractivity contribution in [2.24, 2.45) is 5.73 Å². The zero-order valence-corrected chi connectivity index (χ0v) is 18.5. The molecule has 4 rings (SSSR count). The minimum atomic E-state index is -1.20. The third-order valence-corrected chi connectivity index (χ3v) is 6.74. The molecule has 0 spiro atoms. The Bertz CT molecular complexity index is 1110. The van der Waals surface area contributed by atoms with Gasteiger partial charge in [0.05, 0.1) is 16.9 Å². The van der Waals surface area contributed by atoms with Crippen LogP contribution < -0.4 is 21.1 Å².